The summed E-state index contributed by atoms with van der Waals surface area (Å²) < 4.78 is 12.9. The van der Waals surface area contributed by atoms with Crippen LogP contribution in [0.4, 0.5) is 10.1 Å². The number of hydrogen-bond acceptors (Lipinski definition) is 2. The average Bonchev–Trinajstić information content (AvgIpc) is 2.54. The van der Waals surface area contributed by atoms with Crippen LogP contribution in [0.15, 0.2) is 42.5 Å². The molecule has 5 heteroatoms. The Bertz CT molecular complexity index is 757. The minimum Gasteiger partial charge on any atom is -0.354 e. The van der Waals surface area contributed by atoms with Crippen LogP contribution in [0.5, 0.6) is 0 Å². The first-order chi connectivity index (χ1) is 11.9. The van der Waals surface area contributed by atoms with E-state index >= 15 is 0 Å². The van der Waals surface area contributed by atoms with Crippen molar-refractivity contribution in [2.75, 3.05) is 18.0 Å². The van der Waals surface area contributed by atoms with Crippen LogP contribution < -0.4 is 10.2 Å². The molecule has 2 aromatic carbocycles. The summed E-state index contributed by atoms with van der Waals surface area (Å²) in [6.07, 6.45) is 0.184. The number of anilines is 1. The van der Waals surface area contributed by atoms with Crippen LogP contribution in [0.3, 0.4) is 0 Å². The molecular formula is C20H23FN2O2. The second kappa shape index (κ2) is 8.42. The summed E-state index contributed by atoms with van der Waals surface area (Å²) in [5.74, 6) is -0.551. The van der Waals surface area contributed by atoms with E-state index in [1.165, 1.54) is 19.1 Å². The molecule has 2 aromatic rings. The largest absolute Gasteiger partial charge is 0.354 e. The van der Waals surface area contributed by atoms with Gasteiger partial charge in [0, 0.05) is 25.7 Å². The zero-order chi connectivity index (χ0) is 18.4. The lowest BCUT2D eigenvalue weighted by Crippen LogP contribution is -2.38. The summed E-state index contributed by atoms with van der Waals surface area (Å²) >= 11 is 0. The molecule has 0 aliphatic carbocycles. The summed E-state index contributed by atoms with van der Waals surface area (Å²) in [7, 11) is 0. The fourth-order valence-electron chi connectivity index (χ4n) is 2.71. The third-order valence-electron chi connectivity index (χ3n) is 3.96. The summed E-state index contributed by atoms with van der Waals surface area (Å²) in [5.41, 5.74) is 3.76. The summed E-state index contributed by atoms with van der Waals surface area (Å²) in [5, 5.41) is 2.81. The standard InChI is InChI=1S/C20H23FN2O2/c1-14-4-9-19(15(2)12-14)23(16(3)24)11-10-22-20(25)13-17-5-7-18(21)8-6-17/h4-9,12H,10-11,13H2,1-3H3,(H,22,25). The Balaban J connectivity index is 1.92. The van der Waals surface area contributed by atoms with Crippen molar-refractivity contribution in [3.8, 4) is 0 Å². The molecule has 25 heavy (non-hydrogen) atoms. The molecule has 0 saturated carbocycles. The zero-order valence-electron chi connectivity index (χ0n) is 14.8. The van der Waals surface area contributed by atoms with Crippen molar-refractivity contribution >= 4 is 17.5 Å². The van der Waals surface area contributed by atoms with Gasteiger partial charge >= 0.3 is 0 Å². The zero-order valence-corrected chi connectivity index (χ0v) is 14.8. The van der Waals surface area contributed by atoms with E-state index in [0.717, 1.165) is 22.4 Å². The highest BCUT2D eigenvalue weighted by Gasteiger charge is 2.14. The van der Waals surface area contributed by atoms with E-state index in [4.69, 9.17) is 0 Å². The molecule has 0 aliphatic rings. The van der Waals surface area contributed by atoms with E-state index in [9.17, 15) is 14.0 Å². The normalized spacial score (nSPS) is 10.4. The monoisotopic (exact) mass is 342 g/mol. The first-order valence-electron chi connectivity index (χ1n) is 8.23. The van der Waals surface area contributed by atoms with Crippen molar-refractivity contribution in [1.29, 1.82) is 0 Å². The highest BCUT2D eigenvalue weighted by molar-refractivity contribution is 5.92. The number of rotatable bonds is 6. The van der Waals surface area contributed by atoms with E-state index in [1.54, 1.807) is 17.0 Å². The molecular weight excluding hydrogens is 319 g/mol. The van der Waals surface area contributed by atoms with Crippen LogP contribution in [0.2, 0.25) is 0 Å². The molecule has 4 nitrogen and oxygen atoms in total. The number of aryl methyl sites for hydroxylation is 2. The molecule has 0 fully saturated rings. The Morgan fingerprint density at radius 1 is 1.08 bits per heavy atom. The molecule has 0 aliphatic heterocycles. The highest BCUT2D eigenvalue weighted by atomic mass is 19.1. The van der Waals surface area contributed by atoms with Crippen molar-refractivity contribution in [2.24, 2.45) is 0 Å². The third-order valence-corrected chi connectivity index (χ3v) is 3.96. The lowest BCUT2D eigenvalue weighted by molar-refractivity contribution is -0.121. The number of carbonyl (C=O) groups excluding carboxylic acids is 2. The Hall–Kier alpha value is -2.69. The lowest BCUT2D eigenvalue weighted by Gasteiger charge is -2.23. The Morgan fingerprint density at radius 3 is 2.36 bits per heavy atom. The van der Waals surface area contributed by atoms with Gasteiger partial charge in [0.15, 0.2) is 0 Å². The third kappa shape index (κ3) is 5.41. The maximum Gasteiger partial charge on any atom is 0.224 e. The Kier molecular flexibility index (Phi) is 6.28. The molecule has 0 radical (unpaired) electrons. The summed E-state index contributed by atoms with van der Waals surface area (Å²) in [6, 6.07) is 11.8. The minimum absolute atomic E-state index is 0.0697. The Labute approximate surface area is 147 Å². The molecule has 2 amide bonds. The van der Waals surface area contributed by atoms with Crippen molar-refractivity contribution in [2.45, 2.75) is 27.2 Å². The molecule has 0 atom stereocenters. The van der Waals surface area contributed by atoms with E-state index < -0.39 is 0 Å². The predicted molar refractivity (Wildman–Crippen MR) is 97.1 cm³/mol. The number of hydrogen-bond donors (Lipinski definition) is 1. The number of halogens is 1. The molecule has 0 spiro atoms. The van der Waals surface area contributed by atoms with Gasteiger partial charge in [-0.1, -0.05) is 29.8 Å². The smallest absolute Gasteiger partial charge is 0.224 e. The van der Waals surface area contributed by atoms with Gasteiger partial charge < -0.3 is 10.2 Å². The van der Waals surface area contributed by atoms with Crippen LogP contribution >= 0.6 is 0 Å². The molecule has 0 unspecified atom stereocenters. The van der Waals surface area contributed by atoms with Crippen molar-refractivity contribution in [1.82, 2.24) is 5.32 Å². The summed E-state index contributed by atoms with van der Waals surface area (Å²) in [6.45, 7) is 6.23. The van der Waals surface area contributed by atoms with E-state index in [0.29, 0.717) is 13.1 Å². The first kappa shape index (κ1) is 18.6. The van der Waals surface area contributed by atoms with Gasteiger partial charge in [-0.3, -0.25) is 9.59 Å². The maximum atomic E-state index is 12.9. The van der Waals surface area contributed by atoms with Crippen LogP contribution in [-0.2, 0) is 16.0 Å². The lowest BCUT2D eigenvalue weighted by atomic mass is 10.1. The van der Waals surface area contributed by atoms with Crippen molar-refractivity contribution < 1.29 is 14.0 Å². The van der Waals surface area contributed by atoms with Gasteiger partial charge in [0.25, 0.3) is 0 Å². The predicted octanol–water partition coefficient (Wildman–Crippen LogP) is 3.15. The molecule has 0 bridgehead atoms. The molecule has 2 rings (SSSR count). The van der Waals surface area contributed by atoms with Crippen LogP contribution in [0, 0.1) is 19.7 Å². The van der Waals surface area contributed by atoms with Crippen LogP contribution in [0.25, 0.3) is 0 Å². The van der Waals surface area contributed by atoms with Crippen LogP contribution in [0.1, 0.15) is 23.6 Å². The fourth-order valence-corrected chi connectivity index (χ4v) is 2.71. The topological polar surface area (TPSA) is 49.4 Å². The SMILES string of the molecule is CC(=O)N(CCNC(=O)Cc1ccc(F)cc1)c1ccc(C)cc1C. The van der Waals surface area contributed by atoms with Gasteiger partial charge in [0.1, 0.15) is 5.82 Å². The van der Waals surface area contributed by atoms with Gasteiger partial charge in [0.05, 0.1) is 6.42 Å². The minimum atomic E-state index is -0.324. The number of amides is 2. The quantitative estimate of drug-likeness (QED) is 0.877. The second-order valence-corrected chi connectivity index (χ2v) is 6.11. The molecule has 0 heterocycles. The maximum absolute atomic E-state index is 12.9. The molecule has 1 N–H and O–H groups in total. The van der Waals surface area contributed by atoms with E-state index in [-0.39, 0.29) is 24.1 Å². The van der Waals surface area contributed by atoms with E-state index in [2.05, 4.69) is 5.32 Å². The number of carbonyl (C=O) groups is 2. The van der Waals surface area contributed by atoms with Gasteiger partial charge in [-0.2, -0.15) is 0 Å². The van der Waals surface area contributed by atoms with Gasteiger partial charge in [-0.25, -0.2) is 4.39 Å². The molecule has 132 valence electrons. The first-order valence-corrected chi connectivity index (χ1v) is 8.23. The summed E-state index contributed by atoms with van der Waals surface area (Å²) in [4.78, 5) is 25.6. The highest BCUT2D eigenvalue weighted by Crippen LogP contribution is 2.21. The average molecular weight is 342 g/mol. The molecule has 0 saturated heterocycles. The molecule has 0 aromatic heterocycles. The fraction of sp³-hybridized carbons (Fsp3) is 0.300. The number of nitrogens with zero attached hydrogens (tertiary/aromatic N) is 1. The number of benzene rings is 2. The number of nitrogens with one attached hydrogen (secondary N) is 1. The van der Waals surface area contributed by atoms with Crippen LogP contribution in [-0.4, -0.2) is 24.9 Å². The van der Waals surface area contributed by atoms with Gasteiger partial charge in [-0.15, -0.1) is 0 Å². The second-order valence-electron chi connectivity index (χ2n) is 6.11. The van der Waals surface area contributed by atoms with Gasteiger partial charge in [0.2, 0.25) is 11.8 Å². The van der Waals surface area contributed by atoms with Crippen molar-refractivity contribution in [3.63, 3.8) is 0 Å². The van der Waals surface area contributed by atoms with Gasteiger partial charge in [-0.05, 0) is 43.2 Å². The Morgan fingerprint density at radius 2 is 1.76 bits per heavy atom. The van der Waals surface area contributed by atoms with Crippen molar-refractivity contribution in [3.05, 3.63) is 65.0 Å². The van der Waals surface area contributed by atoms with E-state index in [1.807, 2.05) is 32.0 Å².